The number of carbonyl (C=O) groups excluding carboxylic acids is 1. The van der Waals surface area contributed by atoms with Gasteiger partial charge in [0.15, 0.2) is 0 Å². The van der Waals surface area contributed by atoms with Crippen molar-refractivity contribution in [1.29, 1.82) is 0 Å². The van der Waals surface area contributed by atoms with E-state index < -0.39 is 14.2 Å². The van der Waals surface area contributed by atoms with E-state index in [4.69, 9.17) is 4.74 Å². The van der Waals surface area contributed by atoms with Gasteiger partial charge in [0.2, 0.25) is 0 Å². The van der Waals surface area contributed by atoms with Gasteiger partial charge in [0.1, 0.15) is 0 Å². The molecule has 4 heteroatoms. The summed E-state index contributed by atoms with van der Waals surface area (Å²) < 4.78 is 5.44. The molecule has 2 fully saturated rings. The van der Waals surface area contributed by atoms with Crippen LogP contribution in [0.1, 0.15) is 20.3 Å². The maximum Gasteiger partial charge on any atom is 0.309 e. The van der Waals surface area contributed by atoms with Crippen LogP contribution < -0.4 is 5.19 Å². The van der Waals surface area contributed by atoms with Gasteiger partial charge in [-0.3, -0.25) is 4.79 Å². The summed E-state index contributed by atoms with van der Waals surface area (Å²) in [5.41, 5.74) is 0.175. The van der Waals surface area contributed by atoms with Gasteiger partial charge in [-0.1, -0.05) is 62.5 Å². The monoisotopic (exact) mass is 318 g/mol. The Kier molecular flexibility index (Phi) is 3.73. The largest absolute Gasteiger partial charge is 0.465 e. The standard InChI is InChI=1S/C18H26O3Si/c1-18(2)10-13(16(18)19)15-14(11-21-17(15)20)22(3,4)12-8-6-5-7-9-12/h5-9,13-16,19H,10-11H2,1-4H3/t13-,14+,15-,16-/m1/s1. The van der Waals surface area contributed by atoms with Crippen molar-refractivity contribution in [2.75, 3.05) is 6.61 Å². The first-order chi connectivity index (χ1) is 10.2. The minimum atomic E-state index is -1.83. The normalized spacial score (nSPS) is 34.1. The summed E-state index contributed by atoms with van der Waals surface area (Å²) in [5.74, 6) is -0.170. The summed E-state index contributed by atoms with van der Waals surface area (Å²) in [5, 5.41) is 11.8. The van der Waals surface area contributed by atoms with Crippen molar-refractivity contribution >= 4 is 19.2 Å². The number of aliphatic hydroxyl groups excluding tert-OH is 1. The van der Waals surface area contributed by atoms with Gasteiger partial charge in [0.25, 0.3) is 0 Å². The van der Waals surface area contributed by atoms with E-state index in [1.807, 2.05) is 6.07 Å². The fourth-order valence-corrected chi connectivity index (χ4v) is 7.59. The zero-order valence-corrected chi connectivity index (χ0v) is 14.9. The Balaban J connectivity index is 1.88. The third kappa shape index (κ3) is 2.33. The van der Waals surface area contributed by atoms with E-state index in [2.05, 4.69) is 51.2 Å². The average Bonchev–Trinajstić information content (AvgIpc) is 2.87. The van der Waals surface area contributed by atoms with Gasteiger partial charge in [-0.2, -0.15) is 0 Å². The summed E-state index contributed by atoms with van der Waals surface area (Å²) in [6.07, 6.45) is 0.509. The fraction of sp³-hybridized carbons (Fsp3) is 0.611. The highest BCUT2D eigenvalue weighted by molar-refractivity contribution is 6.91. The van der Waals surface area contributed by atoms with Crippen LogP contribution in [-0.2, 0) is 9.53 Å². The molecule has 0 aromatic heterocycles. The van der Waals surface area contributed by atoms with Crippen molar-refractivity contribution in [3.8, 4) is 0 Å². The lowest BCUT2D eigenvalue weighted by atomic mass is 9.57. The number of esters is 1. The van der Waals surface area contributed by atoms with Crippen LogP contribution in [0.5, 0.6) is 0 Å². The number of aliphatic hydroxyl groups is 1. The highest BCUT2D eigenvalue weighted by Crippen LogP contribution is 2.54. The lowest BCUT2D eigenvalue weighted by Gasteiger charge is -2.52. The van der Waals surface area contributed by atoms with E-state index in [1.165, 1.54) is 5.19 Å². The predicted molar refractivity (Wildman–Crippen MR) is 89.7 cm³/mol. The van der Waals surface area contributed by atoms with E-state index in [1.54, 1.807) is 0 Å². The molecule has 22 heavy (non-hydrogen) atoms. The molecule has 3 rings (SSSR count). The first-order valence-electron chi connectivity index (χ1n) is 8.15. The molecule has 1 saturated carbocycles. The highest BCUT2D eigenvalue weighted by atomic mass is 28.3. The Labute approximate surface area is 133 Å². The topological polar surface area (TPSA) is 46.5 Å². The van der Waals surface area contributed by atoms with Crippen LogP contribution >= 0.6 is 0 Å². The average molecular weight is 318 g/mol. The number of carbonyl (C=O) groups is 1. The Hall–Kier alpha value is -1.13. The molecular weight excluding hydrogens is 292 g/mol. The molecule has 1 aromatic rings. The van der Waals surface area contributed by atoms with Crippen LogP contribution in [0.25, 0.3) is 0 Å². The van der Waals surface area contributed by atoms with E-state index in [9.17, 15) is 9.90 Å². The molecule has 0 spiro atoms. The molecule has 4 atom stereocenters. The van der Waals surface area contributed by atoms with Gasteiger partial charge in [-0.15, -0.1) is 0 Å². The van der Waals surface area contributed by atoms with Gasteiger partial charge in [0, 0.05) is 5.54 Å². The van der Waals surface area contributed by atoms with Crippen molar-refractivity contribution in [2.45, 2.75) is 45.0 Å². The number of hydrogen-bond acceptors (Lipinski definition) is 3. The molecule has 1 N–H and O–H groups in total. The third-order valence-electron chi connectivity index (χ3n) is 5.98. The minimum Gasteiger partial charge on any atom is -0.465 e. The second-order valence-corrected chi connectivity index (χ2v) is 12.9. The lowest BCUT2D eigenvalue weighted by molar-refractivity contribution is -0.156. The van der Waals surface area contributed by atoms with E-state index in [0.717, 1.165) is 6.42 Å². The van der Waals surface area contributed by atoms with Crippen LogP contribution in [0.3, 0.4) is 0 Å². The molecular formula is C18H26O3Si. The van der Waals surface area contributed by atoms with Gasteiger partial charge < -0.3 is 9.84 Å². The van der Waals surface area contributed by atoms with Crippen molar-refractivity contribution in [3.05, 3.63) is 30.3 Å². The molecule has 0 amide bonds. The number of cyclic esters (lactones) is 1. The molecule has 1 heterocycles. The van der Waals surface area contributed by atoms with Crippen LogP contribution in [0, 0.1) is 17.3 Å². The van der Waals surface area contributed by atoms with Gasteiger partial charge in [-0.05, 0) is 17.8 Å². The zero-order valence-electron chi connectivity index (χ0n) is 13.9. The van der Waals surface area contributed by atoms with Crippen molar-refractivity contribution in [3.63, 3.8) is 0 Å². The molecule has 0 radical (unpaired) electrons. The first kappa shape index (κ1) is 15.8. The smallest absolute Gasteiger partial charge is 0.309 e. The maximum absolute atomic E-state index is 12.3. The Bertz CT molecular complexity index is 567. The molecule has 0 unspecified atom stereocenters. The van der Waals surface area contributed by atoms with Crippen LogP contribution in [0.4, 0.5) is 0 Å². The Morgan fingerprint density at radius 3 is 2.41 bits per heavy atom. The van der Waals surface area contributed by atoms with Crippen LogP contribution in [0.15, 0.2) is 30.3 Å². The Morgan fingerprint density at radius 1 is 1.23 bits per heavy atom. The zero-order chi connectivity index (χ0) is 16.1. The van der Waals surface area contributed by atoms with Gasteiger partial charge in [-0.25, -0.2) is 0 Å². The van der Waals surface area contributed by atoms with Crippen LogP contribution in [0.2, 0.25) is 18.6 Å². The highest BCUT2D eigenvalue weighted by Gasteiger charge is 2.58. The molecule has 2 aliphatic rings. The van der Waals surface area contributed by atoms with Crippen LogP contribution in [-0.4, -0.2) is 31.9 Å². The fourth-order valence-electron chi connectivity index (χ4n) is 4.33. The quantitative estimate of drug-likeness (QED) is 0.688. The van der Waals surface area contributed by atoms with Crippen molar-refractivity contribution < 1.29 is 14.6 Å². The van der Waals surface area contributed by atoms with Gasteiger partial charge >= 0.3 is 5.97 Å². The van der Waals surface area contributed by atoms with Crippen molar-refractivity contribution in [1.82, 2.24) is 0 Å². The third-order valence-corrected chi connectivity index (χ3v) is 10.2. The maximum atomic E-state index is 12.3. The number of ether oxygens (including phenoxy) is 1. The number of rotatable bonds is 3. The molecule has 1 aliphatic heterocycles. The molecule has 1 aromatic carbocycles. The second-order valence-electron chi connectivity index (χ2n) is 8.15. The van der Waals surface area contributed by atoms with Gasteiger partial charge in [0.05, 0.1) is 26.7 Å². The van der Waals surface area contributed by atoms with E-state index >= 15 is 0 Å². The molecule has 0 bridgehead atoms. The summed E-state index contributed by atoms with van der Waals surface area (Å²) in [4.78, 5) is 12.3. The van der Waals surface area contributed by atoms with E-state index in [-0.39, 0.29) is 28.8 Å². The molecule has 1 aliphatic carbocycles. The molecule has 120 valence electrons. The summed E-state index contributed by atoms with van der Waals surface area (Å²) >= 11 is 0. The first-order valence-corrected chi connectivity index (χ1v) is 11.2. The summed E-state index contributed by atoms with van der Waals surface area (Å²) in [6.45, 7) is 9.30. The van der Waals surface area contributed by atoms with E-state index in [0.29, 0.717) is 6.61 Å². The number of hydrogen-bond donors (Lipinski definition) is 1. The lowest BCUT2D eigenvalue weighted by Crippen LogP contribution is -2.57. The predicted octanol–water partition coefficient (Wildman–Crippen LogP) is 2.55. The molecule has 3 nitrogen and oxygen atoms in total. The Morgan fingerprint density at radius 2 is 1.86 bits per heavy atom. The molecule has 1 saturated heterocycles. The number of benzene rings is 1. The SMILES string of the molecule is CC1(C)C[C@H]([C@H]2C(=O)OC[C@@H]2[Si](C)(C)c2ccccc2)[C@H]1O. The minimum absolute atomic E-state index is 0.0606. The van der Waals surface area contributed by atoms with Crippen molar-refractivity contribution in [2.24, 2.45) is 17.3 Å². The summed E-state index contributed by atoms with van der Waals surface area (Å²) in [7, 11) is -1.83. The summed E-state index contributed by atoms with van der Waals surface area (Å²) in [6, 6.07) is 10.5. The second kappa shape index (κ2) is 5.20.